The summed E-state index contributed by atoms with van der Waals surface area (Å²) in [6, 6.07) is 34.1. The molecule has 0 atom stereocenters. The van der Waals surface area contributed by atoms with Gasteiger partial charge < -0.3 is 10.6 Å². The Kier molecular flexibility index (Phi) is 6.82. The molecular weight excluding hydrogens is 452 g/mol. The number of fused-ring (bicyclic) bond motifs is 1. The Labute approximate surface area is 209 Å². The summed E-state index contributed by atoms with van der Waals surface area (Å²) in [5.41, 5.74) is 5.94. The van der Waals surface area contributed by atoms with E-state index in [9.17, 15) is 4.79 Å². The van der Waals surface area contributed by atoms with Gasteiger partial charge >= 0.3 is 6.03 Å². The molecule has 0 aliphatic rings. The van der Waals surface area contributed by atoms with E-state index in [0.717, 1.165) is 51.7 Å². The number of rotatable bonds is 7. The maximum absolute atomic E-state index is 12.4. The minimum Gasteiger partial charge on any atom is -0.308 e. The molecule has 0 unspecified atom stereocenters. The van der Waals surface area contributed by atoms with Crippen molar-refractivity contribution in [2.75, 3.05) is 16.9 Å². The highest BCUT2D eigenvalue weighted by molar-refractivity contribution is 7.98. The first-order valence-electron chi connectivity index (χ1n) is 11.5. The molecule has 0 bridgehead atoms. The number of thioether (sulfide) groups is 1. The smallest absolute Gasteiger partial charge is 0.308 e. The number of aryl methyl sites for hydroxylation is 2. The zero-order chi connectivity index (χ0) is 24.0. The summed E-state index contributed by atoms with van der Waals surface area (Å²) >= 11 is 1.64. The molecule has 5 aromatic rings. The molecule has 6 heteroatoms. The summed E-state index contributed by atoms with van der Waals surface area (Å²) in [7, 11) is 0. The Morgan fingerprint density at radius 2 is 1.54 bits per heavy atom. The molecule has 2 N–H and O–H groups in total. The van der Waals surface area contributed by atoms with Gasteiger partial charge in [-0.25, -0.2) is 9.78 Å². The topological polar surface area (TPSA) is 59.0 Å². The number of hydrogen-bond donors (Lipinski definition) is 2. The Morgan fingerprint density at radius 3 is 2.34 bits per heavy atom. The lowest BCUT2D eigenvalue weighted by Crippen LogP contribution is -2.19. The summed E-state index contributed by atoms with van der Waals surface area (Å²) in [4.78, 5) is 18.4. The van der Waals surface area contributed by atoms with Crippen LogP contribution < -0.4 is 10.6 Å². The minimum absolute atomic E-state index is 0.257. The number of nitrogens with one attached hydrogen (secondary N) is 2. The van der Waals surface area contributed by atoms with Gasteiger partial charge in [0.1, 0.15) is 5.82 Å². The van der Waals surface area contributed by atoms with Gasteiger partial charge in [-0.2, -0.15) is 0 Å². The van der Waals surface area contributed by atoms with Crippen molar-refractivity contribution in [3.63, 3.8) is 0 Å². The van der Waals surface area contributed by atoms with Crippen molar-refractivity contribution < 1.29 is 4.79 Å². The van der Waals surface area contributed by atoms with E-state index in [4.69, 9.17) is 4.98 Å². The molecule has 174 valence electrons. The third kappa shape index (κ3) is 5.39. The van der Waals surface area contributed by atoms with Gasteiger partial charge in [-0.3, -0.25) is 4.57 Å². The molecule has 0 aliphatic carbocycles. The Balaban J connectivity index is 1.26. The quantitative estimate of drug-likeness (QED) is 0.244. The summed E-state index contributed by atoms with van der Waals surface area (Å²) in [5, 5.41) is 5.79. The SMILES string of the molecule is CSc1cccc(NC(=O)Nc2ccc(CCc3nc4ccccc4n3-c3ccccc3)cc2)c1. The molecular formula is C29H26N4OS. The van der Waals surface area contributed by atoms with Crippen molar-refractivity contribution in [2.45, 2.75) is 17.7 Å². The number of aromatic nitrogens is 2. The number of hydrogen-bond acceptors (Lipinski definition) is 3. The van der Waals surface area contributed by atoms with E-state index in [2.05, 4.69) is 69.8 Å². The molecule has 0 radical (unpaired) electrons. The fourth-order valence-electron chi connectivity index (χ4n) is 4.11. The lowest BCUT2D eigenvalue weighted by molar-refractivity contribution is 0.262. The van der Waals surface area contributed by atoms with Crippen molar-refractivity contribution in [1.29, 1.82) is 0 Å². The predicted molar refractivity (Wildman–Crippen MR) is 146 cm³/mol. The number of nitrogens with zero attached hydrogens (tertiary/aromatic N) is 2. The van der Waals surface area contributed by atoms with Crippen LogP contribution >= 0.6 is 11.8 Å². The molecule has 5 nitrogen and oxygen atoms in total. The fraction of sp³-hybridized carbons (Fsp3) is 0.103. The van der Waals surface area contributed by atoms with Crippen molar-refractivity contribution >= 4 is 40.2 Å². The van der Waals surface area contributed by atoms with Crippen LogP contribution in [-0.2, 0) is 12.8 Å². The third-order valence-corrected chi connectivity index (χ3v) is 6.55. The summed E-state index contributed by atoms with van der Waals surface area (Å²) < 4.78 is 2.24. The summed E-state index contributed by atoms with van der Waals surface area (Å²) in [6.07, 6.45) is 3.67. The van der Waals surface area contributed by atoms with Crippen LogP contribution in [0.15, 0.2) is 108 Å². The minimum atomic E-state index is -0.257. The number of carbonyl (C=O) groups is 1. The number of amides is 2. The molecule has 0 aliphatic heterocycles. The van der Waals surface area contributed by atoms with Crippen LogP contribution in [0.4, 0.5) is 16.2 Å². The van der Waals surface area contributed by atoms with Crippen LogP contribution in [0.5, 0.6) is 0 Å². The van der Waals surface area contributed by atoms with Gasteiger partial charge in [0.05, 0.1) is 11.0 Å². The predicted octanol–water partition coefficient (Wildman–Crippen LogP) is 7.18. The highest BCUT2D eigenvalue weighted by Gasteiger charge is 2.12. The lowest BCUT2D eigenvalue weighted by Gasteiger charge is -2.10. The first-order chi connectivity index (χ1) is 17.2. The molecule has 1 aromatic heterocycles. The molecule has 2 amide bonds. The Bertz CT molecular complexity index is 1450. The van der Waals surface area contributed by atoms with Crippen LogP contribution in [0, 0.1) is 0 Å². The first kappa shape index (κ1) is 22.7. The zero-order valence-electron chi connectivity index (χ0n) is 19.4. The second-order valence-corrected chi connectivity index (χ2v) is 9.08. The van der Waals surface area contributed by atoms with Gasteiger partial charge in [0.2, 0.25) is 0 Å². The molecule has 0 saturated carbocycles. The molecule has 5 rings (SSSR count). The van der Waals surface area contributed by atoms with Crippen molar-refractivity contribution in [3.8, 4) is 5.69 Å². The van der Waals surface area contributed by atoms with Crippen LogP contribution in [0.3, 0.4) is 0 Å². The number of anilines is 2. The van der Waals surface area contributed by atoms with E-state index in [1.54, 1.807) is 11.8 Å². The molecule has 0 spiro atoms. The zero-order valence-corrected chi connectivity index (χ0v) is 20.3. The Hall–Kier alpha value is -4.03. The molecule has 35 heavy (non-hydrogen) atoms. The second-order valence-electron chi connectivity index (χ2n) is 8.20. The number of urea groups is 1. The van der Waals surface area contributed by atoms with E-state index in [1.807, 2.05) is 54.8 Å². The molecule has 0 fully saturated rings. The standard InChI is InChI=1S/C29H26N4OS/c1-35-25-11-7-8-23(20-25)31-29(34)30-22-17-14-21(15-18-22)16-19-28-32-26-12-5-6-13-27(26)33(28)24-9-3-2-4-10-24/h2-15,17-18,20H,16,19H2,1H3,(H2,30,31,34). The normalized spacial score (nSPS) is 10.9. The van der Waals surface area contributed by atoms with Gasteiger partial charge in [0, 0.05) is 28.4 Å². The number of benzene rings is 4. The van der Waals surface area contributed by atoms with Crippen molar-refractivity contribution in [3.05, 3.63) is 115 Å². The lowest BCUT2D eigenvalue weighted by atomic mass is 10.1. The van der Waals surface area contributed by atoms with Gasteiger partial charge in [-0.05, 0) is 72.8 Å². The average Bonchev–Trinajstić information content (AvgIpc) is 3.27. The van der Waals surface area contributed by atoms with E-state index in [0.29, 0.717) is 0 Å². The highest BCUT2D eigenvalue weighted by atomic mass is 32.2. The fourth-order valence-corrected chi connectivity index (χ4v) is 4.57. The maximum Gasteiger partial charge on any atom is 0.323 e. The molecule has 0 saturated heterocycles. The van der Waals surface area contributed by atoms with Gasteiger partial charge in [0.25, 0.3) is 0 Å². The highest BCUT2D eigenvalue weighted by Crippen LogP contribution is 2.23. The number of para-hydroxylation sites is 3. The second kappa shape index (κ2) is 10.5. The first-order valence-corrected chi connectivity index (χ1v) is 12.7. The third-order valence-electron chi connectivity index (χ3n) is 5.82. The van der Waals surface area contributed by atoms with E-state index in [1.165, 1.54) is 5.56 Å². The van der Waals surface area contributed by atoms with Gasteiger partial charge in [-0.15, -0.1) is 11.8 Å². The van der Waals surface area contributed by atoms with Gasteiger partial charge in [0.15, 0.2) is 0 Å². The largest absolute Gasteiger partial charge is 0.323 e. The monoisotopic (exact) mass is 478 g/mol. The summed E-state index contributed by atoms with van der Waals surface area (Å²) in [5.74, 6) is 1.03. The average molecular weight is 479 g/mol. The van der Waals surface area contributed by atoms with E-state index >= 15 is 0 Å². The van der Waals surface area contributed by atoms with Crippen LogP contribution in [0.1, 0.15) is 11.4 Å². The van der Waals surface area contributed by atoms with E-state index < -0.39 is 0 Å². The summed E-state index contributed by atoms with van der Waals surface area (Å²) in [6.45, 7) is 0. The van der Waals surface area contributed by atoms with Crippen molar-refractivity contribution in [2.24, 2.45) is 0 Å². The number of carbonyl (C=O) groups excluding carboxylic acids is 1. The van der Waals surface area contributed by atoms with Crippen LogP contribution in [-0.4, -0.2) is 21.8 Å². The number of imidazole rings is 1. The van der Waals surface area contributed by atoms with Gasteiger partial charge in [-0.1, -0.05) is 48.5 Å². The molecule has 1 heterocycles. The Morgan fingerprint density at radius 1 is 0.800 bits per heavy atom. The van der Waals surface area contributed by atoms with Crippen molar-refractivity contribution in [1.82, 2.24) is 9.55 Å². The molecule has 4 aromatic carbocycles. The van der Waals surface area contributed by atoms with Crippen LogP contribution in [0.2, 0.25) is 0 Å². The maximum atomic E-state index is 12.4. The van der Waals surface area contributed by atoms with E-state index in [-0.39, 0.29) is 6.03 Å². The van der Waals surface area contributed by atoms with Crippen LogP contribution in [0.25, 0.3) is 16.7 Å².